The van der Waals surface area contributed by atoms with E-state index in [1.165, 1.54) is 18.8 Å². The minimum Gasteiger partial charge on any atom is -0.481 e. The molecule has 1 atom stereocenters. The van der Waals surface area contributed by atoms with Gasteiger partial charge in [-0.3, -0.25) is 9.80 Å². The number of rotatable bonds is 6. The van der Waals surface area contributed by atoms with Gasteiger partial charge in [-0.2, -0.15) is 18.2 Å². The SMILES string of the molecule is COc1ncc(N2CCc3ncnc(OC4CCCN4N4COC=C4C=O)c3C2)cc1C(F)(F)F. The number of halogens is 3. The van der Waals surface area contributed by atoms with Crippen LogP contribution in [0.4, 0.5) is 18.9 Å². The van der Waals surface area contributed by atoms with Crippen LogP contribution in [0, 0.1) is 0 Å². The Morgan fingerprint density at radius 3 is 2.83 bits per heavy atom. The molecule has 13 heteroatoms. The third kappa shape index (κ3) is 4.43. The highest BCUT2D eigenvalue weighted by atomic mass is 19.4. The molecule has 10 nitrogen and oxygen atoms in total. The molecule has 0 saturated carbocycles. The fraction of sp³-hybridized carbons (Fsp3) is 0.455. The van der Waals surface area contributed by atoms with Gasteiger partial charge in [0.25, 0.3) is 0 Å². The predicted molar refractivity (Wildman–Crippen MR) is 115 cm³/mol. The molecule has 0 radical (unpaired) electrons. The number of hydrogen-bond donors (Lipinski definition) is 0. The molecule has 0 aromatic carbocycles. The largest absolute Gasteiger partial charge is 0.481 e. The van der Waals surface area contributed by atoms with Crippen molar-refractivity contribution >= 4 is 12.0 Å². The number of alkyl halides is 3. The second-order valence-corrected chi connectivity index (χ2v) is 8.26. The number of aromatic nitrogens is 3. The zero-order valence-corrected chi connectivity index (χ0v) is 18.9. The summed E-state index contributed by atoms with van der Waals surface area (Å²) in [6, 6.07) is 1.04. The van der Waals surface area contributed by atoms with Gasteiger partial charge in [0.2, 0.25) is 11.8 Å². The third-order valence-corrected chi connectivity index (χ3v) is 6.21. The van der Waals surface area contributed by atoms with E-state index in [9.17, 15) is 18.0 Å². The lowest BCUT2D eigenvalue weighted by Gasteiger charge is -2.34. The van der Waals surface area contributed by atoms with E-state index in [0.717, 1.165) is 31.6 Å². The maximum absolute atomic E-state index is 13.5. The number of ether oxygens (including phenoxy) is 3. The summed E-state index contributed by atoms with van der Waals surface area (Å²) in [6.07, 6.45) is 2.02. The Labute approximate surface area is 198 Å². The van der Waals surface area contributed by atoms with Crippen molar-refractivity contribution in [3.8, 4) is 11.8 Å². The minimum absolute atomic E-state index is 0.218. The molecule has 0 spiro atoms. The van der Waals surface area contributed by atoms with Gasteiger partial charge in [0.15, 0.2) is 19.2 Å². The Morgan fingerprint density at radius 2 is 2.06 bits per heavy atom. The summed E-state index contributed by atoms with van der Waals surface area (Å²) in [5, 5.41) is 3.65. The maximum Gasteiger partial charge on any atom is 0.421 e. The van der Waals surface area contributed by atoms with Crippen LogP contribution in [-0.4, -0.2) is 64.4 Å². The summed E-state index contributed by atoms with van der Waals surface area (Å²) in [5.74, 6) is -0.104. The highest BCUT2D eigenvalue weighted by Gasteiger charge is 2.37. The van der Waals surface area contributed by atoms with E-state index in [-0.39, 0.29) is 19.5 Å². The first kappa shape index (κ1) is 23.1. The Bertz CT molecular complexity index is 1140. The number of fused-ring (bicyclic) bond motifs is 1. The summed E-state index contributed by atoms with van der Waals surface area (Å²) in [6.45, 7) is 1.62. The van der Waals surface area contributed by atoms with Crippen LogP contribution in [0.15, 0.2) is 30.5 Å². The molecule has 186 valence electrons. The first-order valence-corrected chi connectivity index (χ1v) is 11.1. The van der Waals surface area contributed by atoms with Crippen molar-refractivity contribution in [2.24, 2.45) is 0 Å². The van der Waals surface area contributed by atoms with Crippen LogP contribution in [-0.2, 0) is 28.7 Å². The van der Waals surface area contributed by atoms with E-state index < -0.39 is 17.6 Å². The number of hydrogen-bond acceptors (Lipinski definition) is 10. The lowest BCUT2D eigenvalue weighted by molar-refractivity contribution is -0.139. The molecule has 2 aromatic rings. The predicted octanol–water partition coefficient (Wildman–Crippen LogP) is 2.51. The lowest BCUT2D eigenvalue weighted by atomic mass is 10.1. The fourth-order valence-electron chi connectivity index (χ4n) is 4.50. The summed E-state index contributed by atoms with van der Waals surface area (Å²) in [7, 11) is 1.16. The van der Waals surface area contributed by atoms with E-state index >= 15 is 0 Å². The number of anilines is 1. The number of carbonyl (C=O) groups is 1. The minimum atomic E-state index is -4.60. The zero-order chi connectivity index (χ0) is 24.6. The van der Waals surface area contributed by atoms with E-state index in [2.05, 4.69) is 15.0 Å². The van der Waals surface area contributed by atoms with Crippen molar-refractivity contribution in [2.45, 2.75) is 38.2 Å². The van der Waals surface area contributed by atoms with Gasteiger partial charge in [-0.05, 0) is 12.5 Å². The highest BCUT2D eigenvalue weighted by molar-refractivity contribution is 5.72. The first-order valence-electron chi connectivity index (χ1n) is 11.1. The third-order valence-electron chi connectivity index (χ3n) is 6.21. The maximum atomic E-state index is 13.5. The normalized spacial score (nSPS) is 20.3. The average Bonchev–Trinajstić information content (AvgIpc) is 3.52. The van der Waals surface area contributed by atoms with Crippen LogP contribution in [0.5, 0.6) is 11.8 Å². The Balaban J connectivity index is 1.39. The molecule has 0 aliphatic carbocycles. The van der Waals surface area contributed by atoms with Gasteiger partial charge in [0.05, 0.1) is 36.8 Å². The van der Waals surface area contributed by atoms with Gasteiger partial charge in [0, 0.05) is 25.9 Å². The Morgan fingerprint density at radius 1 is 1.20 bits per heavy atom. The van der Waals surface area contributed by atoms with Gasteiger partial charge in [-0.15, -0.1) is 0 Å². The van der Waals surface area contributed by atoms with Crippen LogP contribution < -0.4 is 14.4 Å². The zero-order valence-electron chi connectivity index (χ0n) is 18.9. The number of methoxy groups -OCH3 is 1. The molecule has 1 fully saturated rings. The van der Waals surface area contributed by atoms with E-state index in [4.69, 9.17) is 14.2 Å². The number of hydrazine groups is 1. The van der Waals surface area contributed by atoms with Crippen molar-refractivity contribution < 1.29 is 32.2 Å². The second kappa shape index (κ2) is 9.21. The van der Waals surface area contributed by atoms with Crippen LogP contribution in [0.25, 0.3) is 0 Å². The highest BCUT2D eigenvalue weighted by Crippen LogP contribution is 2.38. The van der Waals surface area contributed by atoms with Gasteiger partial charge >= 0.3 is 6.18 Å². The number of carbonyl (C=O) groups excluding carboxylic acids is 1. The van der Waals surface area contributed by atoms with Crippen molar-refractivity contribution in [3.05, 3.63) is 47.4 Å². The molecule has 1 saturated heterocycles. The van der Waals surface area contributed by atoms with E-state index in [1.807, 2.05) is 5.01 Å². The average molecular weight is 492 g/mol. The molecular weight excluding hydrogens is 469 g/mol. The summed E-state index contributed by atoms with van der Waals surface area (Å²) >= 11 is 0. The van der Waals surface area contributed by atoms with Crippen molar-refractivity contribution in [1.82, 2.24) is 25.0 Å². The van der Waals surface area contributed by atoms with Gasteiger partial charge in [-0.25, -0.2) is 15.0 Å². The molecule has 0 N–H and O–H groups in total. The lowest BCUT2D eigenvalue weighted by Crippen LogP contribution is -2.46. The summed E-state index contributed by atoms with van der Waals surface area (Å²) < 4.78 is 56.9. The van der Waals surface area contributed by atoms with E-state index in [1.54, 1.807) is 9.91 Å². The molecule has 35 heavy (non-hydrogen) atoms. The fourth-order valence-corrected chi connectivity index (χ4v) is 4.50. The molecule has 3 aliphatic heterocycles. The second-order valence-electron chi connectivity index (χ2n) is 8.26. The summed E-state index contributed by atoms with van der Waals surface area (Å²) in [5.41, 5.74) is 1.28. The van der Waals surface area contributed by atoms with Gasteiger partial charge in [-0.1, -0.05) is 0 Å². The van der Waals surface area contributed by atoms with Crippen LogP contribution in [0.1, 0.15) is 29.7 Å². The molecule has 0 amide bonds. The quantitative estimate of drug-likeness (QED) is 0.560. The van der Waals surface area contributed by atoms with Gasteiger partial charge < -0.3 is 19.1 Å². The molecule has 5 rings (SSSR count). The molecule has 3 aliphatic rings. The van der Waals surface area contributed by atoms with Crippen LogP contribution in [0.2, 0.25) is 0 Å². The van der Waals surface area contributed by atoms with Gasteiger partial charge in [0.1, 0.15) is 23.8 Å². The molecule has 2 aromatic heterocycles. The Kier molecular flexibility index (Phi) is 6.09. The molecule has 5 heterocycles. The number of aldehydes is 1. The number of pyridine rings is 1. The molecule has 0 bridgehead atoms. The number of nitrogens with zero attached hydrogens (tertiary/aromatic N) is 6. The smallest absolute Gasteiger partial charge is 0.421 e. The van der Waals surface area contributed by atoms with Crippen LogP contribution >= 0.6 is 0 Å². The van der Waals surface area contributed by atoms with Crippen molar-refractivity contribution in [2.75, 3.05) is 31.8 Å². The van der Waals surface area contributed by atoms with Crippen molar-refractivity contribution in [3.63, 3.8) is 0 Å². The Hall–Kier alpha value is -3.61. The van der Waals surface area contributed by atoms with Crippen molar-refractivity contribution in [1.29, 1.82) is 0 Å². The first-order chi connectivity index (χ1) is 16.9. The monoisotopic (exact) mass is 492 g/mol. The van der Waals surface area contributed by atoms with Crippen LogP contribution in [0.3, 0.4) is 0 Å². The molecule has 1 unspecified atom stereocenters. The van der Waals surface area contributed by atoms with E-state index in [0.29, 0.717) is 48.8 Å². The topological polar surface area (TPSA) is 93.2 Å². The summed E-state index contributed by atoms with van der Waals surface area (Å²) in [4.78, 5) is 25.7. The molecular formula is C22H23F3N6O4. The number of allylic oxidation sites excluding steroid dienone is 1. The standard InChI is InChI=1S/C22H23F3N6O4/c1-33-21-17(22(23,24)25)7-14(8-26-21)29-6-4-18-16(9-29)20(28-12-27-18)35-19-3-2-5-30(19)31-13-34-11-15(31)10-32/h7-8,10-12,19H,2-6,9,13H2,1H3.